The third-order valence-electron chi connectivity index (χ3n) is 9.75. The van der Waals surface area contributed by atoms with Crippen molar-refractivity contribution >= 4 is 43.6 Å². The van der Waals surface area contributed by atoms with E-state index in [9.17, 15) is 0 Å². The Bertz CT molecular complexity index is 2850. The molecule has 7 aromatic carbocycles. The van der Waals surface area contributed by atoms with Crippen LogP contribution in [0.25, 0.3) is 94.2 Å². The fraction of sp³-hybridized carbons (Fsp3) is 0. The first-order valence-electron chi connectivity index (χ1n) is 17.0. The van der Waals surface area contributed by atoms with Crippen molar-refractivity contribution in [3.63, 3.8) is 0 Å². The van der Waals surface area contributed by atoms with Crippen LogP contribution in [-0.2, 0) is 0 Å². The maximum atomic E-state index is 4.94. The van der Waals surface area contributed by atoms with Crippen molar-refractivity contribution < 1.29 is 0 Å². The van der Waals surface area contributed by atoms with Gasteiger partial charge in [-0.3, -0.25) is 0 Å². The maximum absolute atomic E-state index is 4.94. The predicted octanol–water partition coefficient (Wildman–Crippen LogP) is 11.3. The lowest BCUT2D eigenvalue weighted by atomic mass is 9.95. The summed E-state index contributed by atoms with van der Waals surface area (Å²) >= 11 is 0. The highest BCUT2D eigenvalue weighted by Gasteiger charge is 2.14. The highest BCUT2D eigenvalue weighted by molar-refractivity contribution is 6.09. The molecule has 0 unspecified atom stereocenters. The van der Waals surface area contributed by atoms with Crippen LogP contribution in [0.15, 0.2) is 176 Å². The Morgan fingerprint density at radius 3 is 1.67 bits per heavy atom. The summed E-state index contributed by atoms with van der Waals surface area (Å²) in [4.78, 5) is 19.0. The van der Waals surface area contributed by atoms with Crippen LogP contribution >= 0.6 is 0 Å². The van der Waals surface area contributed by atoms with E-state index in [1.165, 1.54) is 21.8 Å². The molecule has 0 amide bonds. The highest BCUT2D eigenvalue weighted by Crippen LogP contribution is 2.36. The minimum absolute atomic E-state index is 0.676. The fourth-order valence-corrected chi connectivity index (χ4v) is 7.26. The van der Waals surface area contributed by atoms with Gasteiger partial charge in [-0.25, -0.2) is 19.9 Å². The molecule has 3 heterocycles. The molecule has 0 fully saturated rings. The summed E-state index contributed by atoms with van der Waals surface area (Å²) < 4.78 is 2.35. The van der Waals surface area contributed by atoms with Crippen LogP contribution in [0.3, 0.4) is 0 Å². The molecule has 0 aliphatic carbocycles. The second-order valence-electron chi connectivity index (χ2n) is 12.8. The summed E-state index contributed by atoms with van der Waals surface area (Å²) in [5.41, 5.74) is 12.7. The molecule has 10 rings (SSSR count). The average molecular weight is 652 g/mol. The molecule has 51 heavy (non-hydrogen) atoms. The molecule has 0 radical (unpaired) electrons. The van der Waals surface area contributed by atoms with Gasteiger partial charge in [-0.15, -0.1) is 0 Å². The summed E-state index contributed by atoms with van der Waals surface area (Å²) in [6, 6.07) is 57.6. The van der Waals surface area contributed by atoms with Crippen molar-refractivity contribution in [3.8, 4) is 50.6 Å². The van der Waals surface area contributed by atoms with Gasteiger partial charge in [0.2, 0.25) is 0 Å². The maximum Gasteiger partial charge on any atom is 0.159 e. The molecule has 10 aromatic rings. The fourth-order valence-electron chi connectivity index (χ4n) is 7.26. The lowest BCUT2D eigenvalue weighted by Gasteiger charge is -2.12. The number of hydrogen-bond donors (Lipinski definition) is 0. The Morgan fingerprint density at radius 1 is 0.392 bits per heavy atom. The van der Waals surface area contributed by atoms with E-state index in [-0.39, 0.29) is 0 Å². The van der Waals surface area contributed by atoms with Gasteiger partial charge in [0.1, 0.15) is 6.33 Å². The Morgan fingerprint density at radius 2 is 0.941 bits per heavy atom. The summed E-state index contributed by atoms with van der Waals surface area (Å²) in [6.07, 6.45) is 3.53. The van der Waals surface area contributed by atoms with Crippen molar-refractivity contribution in [2.75, 3.05) is 0 Å². The van der Waals surface area contributed by atoms with Crippen LogP contribution in [0, 0.1) is 0 Å². The van der Waals surface area contributed by atoms with Gasteiger partial charge in [0, 0.05) is 44.6 Å². The Labute approximate surface area is 294 Å². The smallest absolute Gasteiger partial charge is 0.159 e. The van der Waals surface area contributed by atoms with Gasteiger partial charge in [-0.2, -0.15) is 0 Å². The van der Waals surface area contributed by atoms with Gasteiger partial charge in [0.15, 0.2) is 5.82 Å². The van der Waals surface area contributed by atoms with Crippen LogP contribution in [0.1, 0.15) is 0 Å². The van der Waals surface area contributed by atoms with Crippen LogP contribution in [0.2, 0.25) is 0 Å². The van der Waals surface area contributed by atoms with E-state index in [4.69, 9.17) is 15.0 Å². The molecule has 0 aliphatic rings. The monoisotopic (exact) mass is 651 g/mol. The minimum atomic E-state index is 0.676. The molecule has 3 aromatic heterocycles. The zero-order valence-corrected chi connectivity index (χ0v) is 27.5. The third-order valence-corrected chi connectivity index (χ3v) is 9.75. The van der Waals surface area contributed by atoms with Gasteiger partial charge in [-0.05, 0) is 76.9 Å². The van der Waals surface area contributed by atoms with E-state index in [1.807, 2.05) is 48.7 Å². The molecule has 5 heteroatoms. The number of fused-ring (bicyclic) bond motifs is 5. The standard InChI is InChI=1S/C46H29N5/c1-5-13-41-33(9-1)28-47-46(50-41)36-26-34(25-35(27-36)45-40-12-2-6-14-42(40)48-29-49-45)32-19-17-30(18-20-32)31-21-23-37(24-22-31)51-43-15-7-3-10-38(43)39-11-4-8-16-44(39)51/h1-29H. The molecular weight excluding hydrogens is 623 g/mol. The van der Waals surface area contributed by atoms with Gasteiger partial charge < -0.3 is 4.57 Å². The number of para-hydroxylation sites is 4. The lowest BCUT2D eigenvalue weighted by molar-refractivity contribution is 1.18. The largest absolute Gasteiger partial charge is 0.309 e. The Balaban J connectivity index is 1.04. The molecule has 0 atom stereocenters. The van der Waals surface area contributed by atoms with Crippen LogP contribution in [-0.4, -0.2) is 24.5 Å². The second kappa shape index (κ2) is 11.9. The van der Waals surface area contributed by atoms with Crippen LogP contribution < -0.4 is 0 Å². The minimum Gasteiger partial charge on any atom is -0.309 e. The van der Waals surface area contributed by atoms with Crippen LogP contribution in [0.5, 0.6) is 0 Å². The number of hydrogen-bond acceptors (Lipinski definition) is 4. The first-order valence-corrected chi connectivity index (χ1v) is 17.0. The van der Waals surface area contributed by atoms with Gasteiger partial charge >= 0.3 is 0 Å². The van der Waals surface area contributed by atoms with Crippen molar-refractivity contribution in [2.45, 2.75) is 0 Å². The van der Waals surface area contributed by atoms with Crippen molar-refractivity contribution in [1.29, 1.82) is 0 Å². The number of nitrogens with zero attached hydrogens (tertiary/aromatic N) is 5. The van der Waals surface area contributed by atoms with Gasteiger partial charge in [-0.1, -0.05) is 109 Å². The number of aromatic nitrogens is 5. The van der Waals surface area contributed by atoms with Crippen molar-refractivity contribution in [3.05, 3.63) is 176 Å². The number of benzene rings is 7. The van der Waals surface area contributed by atoms with E-state index < -0.39 is 0 Å². The van der Waals surface area contributed by atoms with Gasteiger partial charge in [0.05, 0.1) is 27.8 Å². The topological polar surface area (TPSA) is 56.5 Å². The molecule has 0 saturated heterocycles. The van der Waals surface area contributed by atoms with E-state index in [0.717, 1.165) is 66.6 Å². The SMILES string of the molecule is c1ccc2nc(-c3cc(-c4ccc(-c5ccc(-n6c7ccccc7c7ccccc76)cc5)cc4)cc(-c4ncnc5ccccc45)c3)ncc2c1. The van der Waals surface area contributed by atoms with E-state index in [0.29, 0.717) is 5.82 Å². The van der Waals surface area contributed by atoms with Gasteiger partial charge in [0.25, 0.3) is 0 Å². The molecule has 238 valence electrons. The van der Waals surface area contributed by atoms with E-state index in [1.54, 1.807) is 6.33 Å². The highest BCUT2D eigenvalue weighted by atomic mass is 15.0. The molecular formula is C46H29N5. The molecule has 0 N–H and O–H groups in total. The molecule has 0 saturated carbocycles. The van der Waals surface area contributed by atoms with Crippen molar-refractivity contribution in [2.24, 2.45) is 0 Å². The summed E-state index contributed by atoms with van der Waals surface area (Å²) in [5.74, 6) is 0.676. The Hall–Kier alpha value is -6.98. The molecule has 0 spiro atoms. The first kappa shape index (κ1) is 29.0. The lowest BCUT2D eigenvalue weighted by Crippen LogP contribution is -1.94. The van der Waals surface area contributed by atoms with Crippen LogP contribution in [0.4, 0.5) is 0 Å². The zero-order valence-electron chi connectivity index (χ0n) is 27.5. The average Bonchev–Trinajstić information content (AvgIpc) is 3.55. The van der Waals surface area contributed by atoms with E-state index in [2.05, 4.69) is 131 Å². The normalized spacial score (nSPS) is 11.5. The Kier molecular flexibility index (Phi) is 6.74. The zero-order chi connectivity index (χ0) is 33.7. The first-order chi connectivity index (χ1) is 25.3. The third kappa shape index (κ3) is 5.03. The second-order valence-corrected chi connectivity index (χ2v) is 12.8. The van der Waals surface area contributed by atoms with E-state index >= 15 is 0 Å². The van der Waals surface area contributed by atoms with Crippen molar-refractivity contribution in [1.82, 2.24) is 24.5 Å². The summed E-state index contributed by atoms with van der Waals surface area (Å²) in [6.45, 7) is 0. The molecule has 0 aliphatic heterocycles. The summed E-state index contributed by atoms with van der Waals surface area (Å²) in [7, 11) is 0. The quantitative estimate of drug-likeness (QED) is 0.186. The number of rotatable bonds is 5. The predicted molar refractivity (Wildman–Crippen MR) is 209 cm³/mol. The molecule has 5 nitrogen and oxygen atoms in total. The summed E-state index contributed by atoms with van der Waals surface area (Å²) in [5, 5.41) is 4.54. The molecule has 0 bridgehead atoms.